The minimum Gasteiger partial charge on any atom is -0.444 e. The summed E-state index contributed by atoms with van der Waals surface area (Å²) in [5.41, 5.74) is 0.827. The van der Waals surface area contributed by atoms with Crippen molar-refractivity contribution in [1.29, 1.82) is 0 Å². The van der Waals surface area contributed by atoms with Crippen LogP contribution >= 0.6 is 35.8 Å². The van der Waals surface area contributed by atoms with Gasteiger partial charge in [-0.1, -0.05) is 23.2 Å². The van der Waals surface area contributed by atoms with Crippen LogP contribution in [0, 0.1) is 5.95 Å². The first kappa shape index (κ1) is 31.1. The summed E-state index contributed by atoms with van der Waals surface area (Å²) >= 11 is 17.5. The van der Waals surface area contributed by atoms with Crippen molar-refractivity contribution in [2.45, 2.75) is 58.2 Å². The van der Waals surface area contributed by atoms with Crippen molar-refractivity contribution in [3.63, 3.8) is 0 Å². The Morgan fingerprint density at radius 3 is 2.38 bits per heavy atom. The Balaban J connectivity index is 1.87. The lowest BCUT2D eigenvalue weighted by Gasteiger charge is -2.40. The maximum absolute atomic E-state index is 15.0. The van der Waals surface area contributed by atoms with Crippen LogP contribution in [0.2, 0.25) is 10.0 Å². The van der Waals surface area contributed by atoms with E-state index in [4.69, 9.17) is 27.9 Å². The number of hydrogen-bond donors (Lipinski definition) is 5. The summed E-state index contributed by atoms with van der Waals surface area (Å²) < 4.78 is 20.4. The zero-order valence-corrected chi connectivity index (χ0v) is 24.8. The van der Waals surface area contributed by atoms with Gasteiger partial charge in [0.25, 0.3) is 0 Å². The Bertz CT molecular complexity index is 1170. The molecule has 39 heavy (non-hydrogen) atoms. The Morgan fingerprint density at radius 2 is 1.77 bits per heavy atom. The van der Waals surface area contributed by atoms with E-state index in [0.29, 0.717) is 30.9 Å². The number of aromatic nitrogens is 1. The molecule has 1 fully saturated rings. The molecule has 2 heterocycles. The monoisotopic (exact) mass is 600 g/mol. The van der Waals surface area contributed by atoms with Crippen molar-refractivity contribution < 1.29 is 18.7 Å². The van der Waals surface area contributed by atoms with Gasteiger partial charge in [-0.3, -0.25) is 4.79 Å². The first-order chi connectivity index (χ1) is 18.4. The van der Waals surface area contributed by atoms with Gasteiger partial charge in [0, 0.05) is 37.4 Å². The molecule has 3 rings (SSSR count). The van der Waals surface area contributed by atoms with Gasteiger partial charge in [0.2, 0.25) is 11.9 Å². The van der Waals surface area contributed by atoms with Crippen LogP contribution in [0.15, 0.2) is 24.3 Å². The highest BCUT2D eigenvalue weighted by Gasteiger charge is 2.33. The molecular formula is C26H35Cl2FN6O3S. The van der Waals surface area contributed by atoms with Crippen molar-refractivity contribution in [3.05, 3.63) is 40.3 Å². The van der Waals surface area contributed by atoms with E-state index in [2.05, 4.69) is 38.9 Å². The number of ether oxygens (including phenoxy) is 1. The molecule has 0 bridgehead atoms. The molecule has 214 valence electrons. The average Bonchev–Trinajstić information content (AvgIpc) is 2.82. The third-order valence-corrected chi connectivity index (χ3v) is 6.75. The Morgan fingerprint density at radius 1 is 1.13 bits per heavy atom. The summed E-state index contributed by atoms with van der Waals surface area (Å²) in [7, 11) is 0. The molecule has 2 aromatic rings. The van der Waals surface area contributed by atoms with Crippen molar-refractivity contribution >= 4 is 70.7 Å². The topological polar surface area (TPSA) is 108 Å². The molecule has 0 spiro atoms. The van der Waals surface area contributed by atoms with Crippen LogP contribution in [0.5, 0.6) is 0 Å². The second kappa shape index (κ2) is 13.7. The zero-order valence-electron chi connectivity index (χ0n) is 22.4. The number of amides is 2. The van der Waals surface area contributed by atoms with Crippen molar-refractivity contribution in [2.24, 2.45) is 0 Å². The van der Waals surface area contributed by atoms with E-state index in [1.165, 1.54) is 6.92 Å². The number of pyridine rings is 1. The summed E-state index contributed by atoms with van der Waals surface area (Å²) in [6.07, 6.45) is 0.965. The molecule has 4 N–H and O–H groups in total. The minimum absolute atomic E-state index is 0.0420. The molecule has 0 saturated carbocycles. The molecule has 1 aromatic heterocycles. The normalized spacial score (nSPS) is 17.5. The zero-order chi connectivity index (χ0) is 28.7. The van der Waals surface area contributed by atoms with Gasteiger partial charge in [-0.15, -0.1) is 0 Å². The summed E-state index contributed by atoms with van der Waals surface area (Å²) in [6, 6.07) is 6.45. The predicted octanol–water partition coefficient (Wildman–Crippen LogP) is 5.61. The second-order valence-electron chi connectivity index (χ2n) is 10.3. The smallest absolute Gasteiger partial charge is 0.407 e. The molecule has 13 heteroatoms. The Hall–Kier alpha value is -2.47. The highest BCUT2D eigenvalue weighted by molar-refractivity contribution is 7.80. The van der Waals surface area contributed by atoms with Crippen LogP contribution < -0.4 is 26.2 Å². The van der Waals surface area contributed by atoms with E-state index in [1.807, 2.05) is 4.90 Å². The highest BCUT2D eigenvalue weighted by atomic mass is 35.5. The van der Waals surface area contributed by atoms with Crippen molar-refractivity contribution in [2.75, 3.05) is 40.9 Å². The van der Waals surface area contributed by atoms with Gasteiger partial charge in [-0.05, 0) is 70.2 Å². The van der Waals surface area contributed by atoms with Crippen molar-refractivity contribution in [1.82, 2.24) is 15.6 Å². The number of piperidine rings is 1. The third kappa shape index (κ3) is 9.30. The number of carbonyl (C=O) groups is 2. The standard InChI is InChI=1S/C26H35Cl2FN6O3S/c1-15(36)31-16-6-8-17(9-7-16)32-24-21(28)22(20(27)23(29)34-24)35-13-18(30-10-5-11-39)12-19(14-35)33-25(37)38-26(2,3)4/h6-9,18-19,30,39H,5,10-14H2,1-4H3,(H,31,36)(H,32,34)(H,33,37). The second-order valence-corrected chi connectivity index (χ2v) is 11.5. The minimum atomic E-state index is -0.879. The van der Waals surface area contributed by atoms with Crippen LogP contribution in [0.1, 0.15) is 40.5 Å². The molecule has 9 nitrogen and oxygen atoms in total. The summed E-state index contributed by atoms with van der Waals surface area (Å²) in [5, 5.41) is 12.0. The van der Waals surface area contributed by atoms with E-state index >= 15 is 0 Å². The summed E-state index contributed by atoms with van der Waals surface area (Å²) in [4.78, 5) is 29.6. The molecule has 0 aliphatic carbocycles. The first-order valence-corrected chi connectivity index (χ1v) is 14.0. The van der Waals surface area contributed by atoms with Crippen LogP contribution in [0.25, 0.3) is 0 Å². The maximum Gasteiger partial charge on any atom is 0.407 e. The SMILES string of the molecule is CC(=O)Nc1ccc(Nc2nc(F)c(Cl)c(N3CC(NCCCS)CC(NC(=O)OC(C)(C)C)C3)c2Cl)cc1. The third-order valence-electron chi connectivity index (χ3n) is 5.74. The number of benzene rings is 1. The fraction of sp³-hybridized carbons (Fsp3) is 0.500. The first-order valence-electron chi connectivity index (χ1n) is 12.6. The number of anilines is 4. The fourth-order valence-electron chi connectivity index (χ4n) is 4.23. The van der Waals surface area contributed by atoms with Crippen LogP contribution in [0.4, 0.5) is 32.1 Å². The number of halogens is 3. The molecule has 2 atom stereocenters. The number of nitrogens with one attached hydrogen (secondary N) is 4. The van der Waals surface area contributed by atoms with E-state index in [-0.39, 0.29) is 39.5 Å². The molecule has 0 radical (unpaired) electrons. The molecular weight excluding hydrogens is 566 g/mol. The van der Waals surface area contributed by atoms with Crippen LogP contribution in [-0.2, 0) is 9.53 Å². The molecule has 2 unspecified atom stereocenters. The number of nitrogens with zero attached hydrogens (tertiary/aromatic N) is 2. The maximum atomic E-state index is 15.0. The lowest BCUT2D eigenvalue weighted by atomic mass is 10.00. The van der Waals surface area contributed by atoms with Crippen LogP contribution in [-0.4, -0.2) is 60.1 Å². The van der Waals surface area contributed by atoms with Gasteiger partial charge in [-0.2, -0.15) is 22.0 Å². The highest BCUT2D eigenvalue weighted by Crippen LogP contribution is 2.41. The molecule has 1 saturated heterocycles. The summed E-state index contributed by atoms with van der Waals surface area (Å²) in [6.45, 7) is 8.34. The van der Waals surface area contributed by atoms with Crippen molar-refractivity contribution in [3.8, 4) is 0 Å². The Kier molecular flexibility index (Phi) is 10.9. The molecule has 1 aliphatic rings. The van der Waals surface area contributed by atoms with Gasteiger partial charge >= 0.3 is 6.09 Å². The molecule has 2 amide bonds. The molecule has 1 aliphatic heterocycles. The number of hydrogen-bond acceptors (Lipinski definition) is 8. The van der Waals surface area contributed by atoms with Gasteiger partial charge in [0.05, 0.1) is 11.7 Å². The van der Waals surface area contributed by atoms with E-state index in [1.54, 1.807) is 45.0 Å². The Labute approximate surface area is 243 Å². The quantitative estimate of drug-likeness (QED) is 0.145. The van der Waals surface area contributed by atoms with E-state index in [0.717, 1.165) is 18.7 Å². The van der Waals surface area contributed by atoms with E-state index in [9.17, 15) is 14.0 Å². The number of alkyl carbamates (subject to hydrolysis) is 1. The lowest BCUT2D eigenvalue weighted by Crippen LogP contribution is -2.57. The van der Waals surface area contributed by atoms with Gasteiger partial charge < -0.3 is 30.9 Å². The average molecular weight is 602 g/mol. The molecule has 1 aromatic carbocycles. The number of thiol groups is 1. The number of carbonyl (C=O) groups excluding carboxylic acids is 2. The fourth-order valence-corrected chi connectivity index (χ4v) is 5.00. The van der Waals surface area contributed by atoms with E-state index < -0.39 is 17.6 Å². The van der Waals surface area contributed by atoms with Crippen LogP contribution in [0.3, 0.4) is 0 Å². The number of rotatable bonds is 9. The van der Waals surface area contributed by atoms with Gasteiger partial charge in [-0.25, -0.2) is 4.79 Å². The van der Waals surface area contributed by atoms with Gasteiger partial charge in [0.1, 0.15) is 15.6 Å². The predicted molar refractivity (Wildman–Crippen MR) is 158 cm³/mol. The largest absolute Gasteiger partial charge is 0.444 e. The van der Waals surface area contributed by atoms with Gasteiger partial charge in [0.15, 0.2) is 5.82 Å². The summed E-state index contributed by atoms with van der Waals surface area (Å²) in [5.74, 6) is -0.251. The lowest BCUT2D eigenvalue weighted by molar-refractivity contribution is -0.114.